The number of oxazole rings is 1. The highest BCUT2D eigenvalue weighted by Gasteiger charge is 2.21. The van der Waals surface area contributed by atoms with Gasteiger partial charge >= 0.3 is 0 Å². The first-order valence-electron chi connectivity index (χ1n) is 9.43. The van der Waals surface area contributed by atoms with Gasteiger partial charge in [0, 0.05) is 30.8 Å². The molecule has 0 spiro atoms. The highest BCUT2D eigenvalue weighted by Crippen LogP contribution is 2.16. The van der Waals surface area contributed by atoms with Gasteiger partial charge < -0.3 is 14.6 Å². The molecule has 1 aromatic heterocycles. The van der Waals surface area contributed by atoms with Gasteiger partial charge in [0.15, 0.2) is 5.69 Å². The highest BCUT2D eigenvalue weighted by atomic mass is 16.6. The van der Waals surface area contributed by atoms with E-state index >= 15 is 0 Å². The molecule has 29 heavy (non-hydrogen) atoms. The number of rotatable bonds is 9. The van der Waals surface area contributed by atoms with E-state index in [0.717, 1.165) is 0 Å². The van der Waals surface area contributed by atoms with Crippen LogP contribution in [0.15, 0.2) is 34.9 Å². The van der Waals surface area contributed by atoms with Gasteiger partial charge in [-0.25, -0.2) is 4.98 Å². The van der Waals surface area contributed by atoms with Crippen LogP contribution < -0.4 is 5.32 Å². The van der Waals surface area contributed by atoms with Crippen molar-refractivity contribution in [1.82, 2.24) is 15.2 Å². The van der Waals surface area contributed by atoms with Gasteiger partial charge in [0.2, 0.25) is 5.89 Å². The molecule has 1 N–H and O–H groups in total. The van der Waals surface area contributed by atoms with E-state index in [2.05, 4.69) is 10.3 Å². The van der Waals surface area contributed by atoms with Crippen LogP contribution in [0.25, 0.3) is 0 Å². The van der Waals surface area contributed by atoms with E-state index in [1.54, 1.807) is 4.90 Å². The van der Waals surface area contributed by atoms with Gasteiger partial charge in [0.05, 0.1) is 11.5 Å². The number of hydrogen-bond acceptors (Lipinski definition) is 6. The number of nitrogens with zero attached hydrogens (tertiary/aromatic N) is 3. The minimum atomic E-state index is -0.515. The Balaban J connectivity index is 2.13. The van der Waals surface area contributed by atoms with E-state index in [0.29, 0.717) is 24.6 Å². The van der Waals surface area contributed by atoms with Gasteiger partial charge in [-0.3, -0.25) is 19.7 Å². The van der Waals surface area contributed by atoms with Crippen LogP contribution in [0.4, 0.5) is 5.69 Å². The molecule has 9 heteroatoms. The summed E-state index contributed by atoms with van der Waals surface area (Å²) in [6, 6.07) is 5.44. The van der Waals surface area contributed by atoms with Crippen molar-refractivity contribution in [3.8, 4) is 0 Å². The average Bonchev–Trinajstić information content (AvgIpc) is 3.13. The van der Waals surface area contributed by atoms with Crippen LogP contribution in [0.1, 0.15) is 54.4 Å². The second kappa shape index (κ2) is 9.81. The maximum absolute atomic E-state index is 12.9. The second-order valence-corrected chi connectivity index (χ2v) is 7.61. The molecule has 9 nitrogen and oxygen atoms in total. The zero-order chi connectivity index (χ0) is 21.6. The highest BCUT2D eigenvalue weighted by molar-refractivity contribution is 5.94. The molecule has 1 heterocycles. The summed E-state index contributed by atoms with van der Waals surface area (Å²) in [7, 11) is 0. The molecule has 0 radical (unpaired) electrons. The molecular formula is C20H26N4O5. The average molecular weight is 402 g/mol. The fourth-order valence-electron chi connectivity index (χ4n) is 2.61. The third kappa shape index (κ3) is 6.41. The van der Waals surface area contributed by atoms with E-state index in [4.69, 9.17) is 4.42 Å². The first-order chi connectivity index (χ1) is 13.7. The molecule has 0 bridgehead atoms. The Morgan fingerprint density at radius 2 is 1.83 bits per heavy atom. The molecule has 0 aliphatic carbocycles. The smallest absolute Gasteiger partial charge is 0.273 e. The standard InChI is InChI=1S/C20H26N4O5/c1-13(2)9-21-19(25)17-12-29-18(22-17)11-23(10-14(3)4)20(26)15-5-7-16(8-6-15)24(27)28/h5-8,12-14H,9-11H2,1-4H3,(H,21,25). The van der Waals surface area contributed by atoms with E-state index < -0.39 is 4.92 Å². The summed E-state index contributed by atoms with van der Waals surface area (Å²) in [4.78, 5) is 41.0. The number of non-ortho nitro benzene ring substituents is 1. The van der Waals surface area contributed by atoms with Gasteiger partial charge in [0.25, 0.3) is 17.5 Å². The molecule has 2 rings (SSSR count). The number of carbonyl (C=O) groups excluding carboxylic acids is 2. The molecule has 2 aromatic rings. The number of nitrogens with one attached hydrogen (secondary N) is 1. The van der Waals surface area contributed by atoms with Crippen molar-refractivity contribution in [3.05, 3.63) is 57.8 Å². The number of benzene rings is 1. The quantitative estimate of drug-likeness (QED) is 0.508. The molecular weight excluding hydrogens is 376 g/mol. The minimum Gasteiger partial charge on any atom is -0.446 e. The molecule has 2 amide bonds. The Bertz CT molecular complexity index is 858. The first-order valence-corrected chi connectivity index (χ1v) is 9.43. The number of carbonyl (C=O) groups is 2. The van der Waals surface area contributed by atoms with E-state index in [9.17, 15) is 19.7 Å². The summed E-state index contributed by atoms with van der Waals surface area (Å²) in [5, 5.41) is 13.6. The fraction of sp³-hybridized carbons (Fsp3) is 0.450. The van der Waals surface area contributed by atoms with E-state index in [1.165, 1.54) is 30.5 Å². The number of amides is 2. The Labute approximate surface area is 169 Å². The van der Waals surface area contributed by atoms with Gasteiger partial charge in [-0.05, 0) is 24.0 Å². The van der Waals surface area contributed by atoms with Crippen LogP contribution in [0, 0.1) is 22.0 Å². The lowest BCUT2D eigenvalue weighted by Crippen LogP contribution is -2.34. The predicted molar refractivity (Wildman–Crippen MR) is 106 cm³/mol. The SMILES string of the molecule is CC(C)CNC(=O)c1coc(CN(CC(C)C)C(=O)c2ccc([N+](=O)[O-])cc2)n1. The van der Waals surface area contributed by atoms with Crippen LogP contribution in [-0.4, -0.2) is 39.7 Å². The molecule has 0 saturated carbocycles. The van der Waals surface area contributed by atoms with Crippen LogP contribution in [0.3, 0.4) is 0 Å². The summed E-state index contributed by atoms with van der Waals surface area (Å²) in [5.41, 5.74) is 0.410. The zero-order valence-corrected chi connectivity index (χ0v) is 17.0. The summed E-state index contributed by atoms with van der Waals surface area (Å²) >= 11 is 0. The lowest BCUT2D eigenvalue weighted by molar-refractivity contribution is -0.384. The summed E-state index contributed by atoms with van der Waals surface area (Å²) in [6.45, 7) is 8.97. The van der Waals surface area contributed by atoms with Gasteiger partial charge in [-0.1, -0.05) is 27.7 Å². The summed E-state index contributed by atoms with van der Waals surface area (Å²) in [6.07, 6.45) is 1.27. The van der Waals surface area contributed by atoms with Gasteiger partial charge in [-0.2, -0.15) is 0 Å². The maximum Gasteiger partial charge on any atom is 0.273 e. The van der Waals surface area contributed by atoms with E-state index in [1.807, 2.05) is 27.7 Å². The molecule has 0 aliphatic heterocycles. The van der Waals surface area contributed by atoms with Gasteiger partial charge in [-0.15, -0.1) is 0 Å². The number of aromatic nitrogens is 1. The Morgan fingerprint density at radius 3 is 2.38 bits per heavy atom. The van der Waals surface area contributed by atoms with Gasteiger partial charge in [0.1, 0.15) is 6.26 Å². The molecule has 1 aromatic carbocycles. The topological polar surface area (TPSA) is 119 Å². The molecule has 0 aliphatic rings. The Hall–Kier alpha value is -3.23. The first kappa shape index (κ1) is 22.1. The van der Waals surface area contributed by atoms with Crippen molar-refractivity contribution in [2.24, 2.45) is 11.8 Å². The second-order valence-electron chi connectivity index (χ2n) is 7.61. The largest absolute Gasteiger partial charge is 0.446 e. The van der Waals surface area contributed by atoms with Crippen molar-refractivity contribution in [2.45, 2.75) is 34.2 Å². The zero-order valence-electron chi connectivity index (χ0n) is 17.0. The van der Waals surface area contributed by atoms with Crippen LogP contribution in [0.2, 0.25) is 0 Å². The van der Waals surface area contributed by atoms with Crippen molar-refractivity contribution in [1.29, 1.82) is 0 Å². The van der Waals surface area contributed by atoms with Crippen molar-refractivity contribution in [3.63, 3.8) is 0 Å². The molecule has 0 unspecified atom stereocenters. The van der Waals surface area contributed by atoms with E-state index in [-0.39, 0.29) is 41.5 Å². The number of hydrogen-bond donors (Lipinski definition) is 1. The van der Waals surface area contributed by atoms with Crippen molar-refractivity contribution in [2.75, 3.05) is 13.1 Å². The summed E-state index contributed by atoms with van der Waals surface area (Å²) in [5.74, 6) is 0.117. The molecule has 156 valence electrons. The molecule has 0 atom stereocenters. The van der Waals surface area contributed by atoms with Crippen molar-refractivity contribution < 1.29 is 18.9 Å². The lowest BCUT2D eigenvalue weighted by atomic mass is 10.1. The number of nitro benzene ring substituents is 1. The third-order valence-electron chi connectivity index (χ3n) is 3.98. The molecule has 0 fully saturated rings. The number of nitro groups is 1. The predicted octanol–water partition coefficient (Wildman–Crippen LogP) is 3.27. The summed E-state index contributed by atoms with van der Waals surface area (Å²) < 4.78 is 5.39. The Morgan fingerprint density at radius 1 is 1.17 bits per heavy atom. The lowest BCUT2D eigenvalue weighted by Gasteiger charge is -2.23. The fourth-order valence-corrected chi connectivity index (χ4v) is 2.61. The van der Waals surface area contributed by atoms with Crippen LogP contribution >= 0.6 is 0 Å². The minimum absolute atomic E-state index is 0.0817. The van der Waals surface area contributed by atoms with Crippen LogP contribution in [-0.2, 0) is 6.54 Å². The maximum atomic E-state index is 12.9. The van der Waals surface area contributed by atoms with Crippen LogP contribution in [0.5, 0.6) is 0 Å². The molecule has 0 saturated heterocycles. The monoisotopic (exact) mass is 402 g/mol. The third-order valence-corrected chi connectivity index (χ3v) is 3.98. The van der Waals surface area contributed by atoms with Crippen molar-refractivity contribution >= 4 is 17.5 Å². The normalized spacial score (nSPS) is 11.0. The Kier molecular flexibility index (Phi) is 7.46.